The van der Waals surface area contributed by atoms with Crippen molar-refractivity contribution in [2.45, 2.75) is 31.3 Å². The van der Waals surface area contributed by atoms with Crippen LogP contribution in [0.25, 0.3) is 0 Å². The second-order valence-electron chi connectivity index (χ2n) is 2.85. The van der Waals surface area contributed by atoms with E-state index >= 15 is 0 Å². The van der Waals surface area contributed by atoms with Crippen molar-refractivity contribution in [1.29, 1.82) is 0 Å². The van der Waals surface area contributed by atoms with Gasteiger partial charge in [-0.1, -0.05) is 19.9 Å². The van der Waals surface area contributed by atoms with Gasteiger partial charge in [0, 0.05) is 17.2 Å². The topological polar surface area (TPSA) is 12.9 Å². The van der Waals surface area contributed by atoms with Crippen LogP contribution in [0.4, 0.5) is 0 Å². The number of thioether (sulfide) groups is 1. The Labute approximate surface area is 78.6 Å². The van der Waals surface area contributed by atoms with Gasteiger partial charge in [0.2, 0.25) is 0 Å². The molecule has 1 nitrogen and oxygen atoms in total. The summed E-state index contributed by atoms with van der Waals surface area (Å²) in [7, 11) is 0. The molecule has 0 spiro atoms. The average Bonchev–Trinajstić information content (AvgIpc) is 2.16. The highest BCUT2D eigenvalue weighted by atomic mass is 32.2. The van der Waals surface area contributed by atoms with Crippen LogP contribution >= 0.6 is 11.8 Å². The minimum atomic E-state index is 0.743. The van der Waals surface area contributed by atoms with Crippen molar-refractivity contribution < 1.29 is 0 Å². The van der Waals surface area contributed by atoms with E-state index in [0.29, 0.717) is 0 Å². The normalized spacial score (nSPS) is 12.8. The first-order chi connectivity index (χ1) is 5.83. The van der Waals surface area contributed by atoms with Crippen molar-refractivity contribution in [3.05, 3.63) is 30.1 Å². The van der Waals surface area contributed by atoms with Crippen LogP contribution in [0.15, 0.2) is 24.4 Å². The molecule has 1 rings (SSSR count). The third-order valence-electron chi connectivity index (χ3n) is 1.82. The number of rotatable bonds is 4. The minimum Gasteiger partial charge on any atom is -0.260 e. The van der Waals surface area contributed by atoms with E-state index in [1.54, 1.807) is 0 Å². The van der Waals surface area contributed by atoms with Crippen LogP contribution in [0.2, 0.25) is 0 Å². The van der Waals surface area contributed by atoms with E-state index in [1.165, 1.54) is 12.1 Å². The quantitative estimate of drug-likeness (QED) is 0.708. The summed E-state index contributed by atoms with van der Waals surface area (Å²) in [6.07, 6.45) is 3.09. The fourth-order valence-corrected chi connectivity index (χ4v) is 1.69. The van der Waals surface area contributed by atoms with Gasteiger partial charge in [-0.3, -0.25) is 4.98 Å². The summed E-state index contributed by atoms with van der Waals surface area (Å²) >= 11 is 1.97. The van der Waals surface area contributed by atoms with Gasteiger partial charge in [-0.2, -0.15) is 11.8 Å². The van der Waals surface area contributed by atoms with Crippen LogP contribution in [-0.2, 0) is 5.75 Å². The lowest BCUT2D eigenvalue weighted by atomic mass is 10.4. The molecule has 0 saturated carbocycles. The third kappa shape index (κ3) is 3.26. The molecule has 0 N–H and O–H groups in total. The van der Waals surface area contributed by atoms with Gasteiger partial charge in [-0.05, 0) is 18.6 Å². The highest BCUT2D eigenvalue weighted by molar-refractivity contribution is 7.99. The second-order valence-corrected chi connectivity index (χ2v) is 4.28. The Hall–Kier alpha value is -0.500. The van der Waals surface area contributed by atoms with Crippen molar-refractivity contribution in [3.8, 4) is 0 Å². The Kier molecular flexibility index (Phi) is 4.15. The smallest absolute Gasteiger partial charge is 0.0502 e. The van der Waals surface area contributed by atoms with Gasteiger partial charge in [0.25, 0.3) is 0 Å². The monoisotopic (exact) mass is 181 g/mol. The molecule has 1 atom stereocenters. The number of nitrogens with zero attached hydrogens (tertiary/aromatic N) is 1. The maximum Gasteiger partial charge on any atom is 0.0502 e. The summed E-state index contributed by atoms with van der Waals surface area (Å²) in [6.45, 7) is 4.48. The summed E-state index contributed by atoms with van der Waals surface area (Å²) in [6, 6.07) is 6.08. The van der Waals surface area contributed by atoms with Crippen molar-refractivity contribution in [2.75, 3.05) is 0 Å². The highest BCUT2D eigenvalue weighted by Gasteiger charge is 1.99. The summed E-state index contributed by atoms with van der Waals surface area (Å²) in [5.41, 5.74) is 1.18. The lowest BCUT2D eigenvalue weighted by molar-refractivity contribution is 0.904. The summed E-state index contributed by atoms with van der Waals surface area (Å²) in [5, 5.41) is 0.743. The lowest BCUT2D eigenvalue weighted by Crippen LogP contribution is -1.94. The molecule has 0 aliphatic carbocycles. The fraction of sp³-hybridized carbons (Fsp3) is 0.500. The van der Waals surface area contributed by atoms with Crippen molar-refractivity contribution >= 4 is 11.8 Å². The maximum atomic E-state index is 4.26. The van der Waals surface area contributed by atoms with Gasteiger partial charge >= 0.3 is 0 Å². The van der Waals surface area contributed by atoms with Gasteiger partial charge in [-0.25, -0.2) is 0 Å². The third-order valence-corrected chi connectivity index (χ3v) is 3.18. The Bertz CT molecular complexity index is 210. The predicted molar refractivity (Wildman–Crippen MR) is 55.3 cm³/mol. The molecule has 0 amide bonds. The van der Waals surface area contributed by atoms with Crippen LogP contribution in [0.5, 0.6) is 0 Å². The molecule has 0 aromatic carbocycles. The minimum absolute atomic E-state index is 0.743. The molecule has 1 unspecified atom stereocenters. The Morgan fingerprint density at radius 2 is 2.33 bits per heavy atom. The van der Waals surface area contributed by atoms with E-state index in [-0.39, 0.29) is 0 Å². The van der Waals surface area contributed by atoms with Crippen LogP contribution in [0.3, 0.4) is 0 Å². The van der Waals surface area contributed by atoms with Crippen LogP contribution in [0, 0.1) is 0 Å². The Balaban J connectivity index is 2.33. The van der Waals surface area contributed by atoms with E-state index < -0.39 is 0 Å². The average molecular weight is 181 g/mol. The summed E-state index contributed by atoms with van der Waals surface area (Å²) in [5.74, 6) is 1.04. The Morgan fingerprint density at radius 1 is 1.50 bits per heavy atom. The van der Waals surface area contributed by atoms with Gasteiger partial charge in [0.1, 0.15) is 0 Å². The number of hydrogen-bond acceptors (Lipinski definition) is 2. The molecule has 0 aliphatic heterocycles. The molecule has 1 heterocycles. The molecule has 0 radical (unpaired) electrons. The molecule has 12 heavy (non-hydrogen) atoms. The molecule has 1 aromatic heterocycles. The first-order valence-electron chi connectivity index (χ1n) is 4.34. The van der Waals surface area contributed by atoms with E-state index in [4.69, 9.17) is 0 Å². The fourth-order valence-electron chi connectivity index (χ4n) is 0.829. The molecule has 1 aromatic rings. The van der Waals surface area contributed by atoms with Crippen molar-refractivity contribution in [3.63, 3.8) is 0 Å². The molecule has 0 fully saturated rings. The molecule has 66 valence electrons. The zero-order valence-corrected chi connectivity index (χ0v) is 8.47. The van der Waals surface area contributed by atoms with E-state index in [0.717, 1.165) is 11.0 Å². The summed E-state index contributed by atoms with van der Waals surface area (Å²) < 4.78 is 0. The number of pyridine rings is 1. The van der Waals surface area contributed by atoms with Crippen molar-refractivity contribution in [1.82, 2.24) is 4.98 Å². The van der Waals surface area contributed by atoms with Gasteiger partial charge in [0.15, 0.2) is 0 Å². The van der Waals surface area contributed by atoms with Crippen molar-refractivity contribution in [2.24, 2.45) is 0 Å². The number of hydrogen-bond donors (Lipinski definition) is 0. The molecule has 0 saturated heterocycles. The first-order valence-corrected chi connectivity index (χ1v) is 5.39. The summed E-state index contributed by atoms with van der Waals surface area (Å²) in [4.78, 5) is 4.26. The van der Waals surface area contributed by atoms with Gasteiger partial charge in [0.05, 0.1) is 5.69 Å². The largest absolute Gasteiger partial charge is 0.260 e. The predicted octanol–water partition coefficient (Wildman–Crippen LogP) is 3.11. The van der Waals surface area contributed by atoms with E-state index in [1.807, 2.05) is 30.1 Å². The first kappa shape index (κ1) is 9.59. The number of aromatic nitrogens is 1. The van der Waals surface area contributed by atoms with Crippen LogP contribution < -0.4 is 0 Å². The lowest BCUT2D eigenvalue weighted by Gasteiger charge is -2.06. The highest BCUT2D eigenvalue weighted by Crippen LogP contribution is 2.17. The SMILES string of the molecule is CCC(C)SCc1ccccn1. The molecule has 2 heteroatoms. The molecular weight excluding hydrogens is 166 g/mol. The molecular formula is C10H15NS. The van der Waals surface area contributed by atoms with Crippen LogP contribution in [-0.4, -0.2) is 10.2 Å². The molecule has 0 aliphatic rings. The standard InChI is InChI=1S/C10H15NS/c1-3-9(2)12-8-10-6-4-5-7-11-10/h4-7,9H,3,8H2,1-2H3. The van der Waals surface area contributed by atoms with Crippen LogP contribution in [0.1, 0.15) is 26.0 Å². The molecule has 0 bridgehead atoms. The maximum absolute atomic E-state index is 4.26. The van der Waals surface area contributed by atoms with Gasteiger partial charge in [-0.15, -0.1) is 0 Å². The van der Waals surface area contributed by atoms with E-state index in [9.17, 15) is 0 Å². The Morgan fingerprint density at radius 3 is 2.92 bits per heavy atom. The zero-order valence-electron chi connectivity index (χ0n) is 7.66. The zero-order chi connectivity index (χ0) is 8.81. The van der Waals surface area contributed by atoms with Gasteiger partial charge < -0.3 is 0 Å². The van der Waals surface area contributed by atoms with E-state index in [2.05, 4.69) is 24.9 Å². The second kappa shape index (κ2) is 5.20.